The summed E-state index contributed by atoms with van der Waals surface area (Å²) in [6, 6.07) is 0. The van der Waals surface area contributed by atoms with E-state index >= 15 is 0 Å². The van der Waals surface area contributed by atoms with Crippen LogP contribution < -0.4 is 21.3 Å². The number of nitrogens with one attached hydrogen (secondary N) is 4. The number of hydrogen-bond donors (Lipinski definition) is 4. The van der Waals surface area contributed by atoms with E-state index in [0.29, 0.717) is 6.42 Å². The number of carbonyl (C=O) groups is 1. The molecule has 1 rings (SSSR count). The van der Waals surface area contributed by atoms with E-state index in [0.717, 1.165) is 52.2 Å². The lowest BCUT2D eigenvalue weighted by molar-refractivity contribution is -0.120. The van der Waals surface area contributed by atoms with Gasteiger partial charge in [0, 0.05) is 39.1 Å². The molecule has 1 saturated heterocycles. The molecular weight excluding hydrogens is 192 g/mol. The van der Waals surface area contributed by atoms with Gasteiger partial charge in [0.05, 0.1) is 0 Å². The second-order valence-corrected chi connectivity index (χ2v) is 3.70. The van der Waals surface area contributed by atoms with E-state index in [1.165, 1.54) is 0 Å². The molecule has 1 heterocycles. The molecule has 5 heteroatoms. The highest BCUT2D eigenvalue weighted by atomic mass is 16.1. The molecule has 4 N–H and O–H groups in total. The van der Waals surface area contributed by atoms with E-state index in [9.17, 15) is 4.79 Å². The van der Waals surface area contributed by atoms with Crippen LogP contribution in [0.2, 0.25) is 0 Å². The van der Waals surface area contributed by atoms with Gasteiger partial charge in [0.25, 0.3) is 0 Å². The fourth-order valence-electron chi connectivity index (χ4n) is 1.47. The Morgan fingerprint density at radius 3 is 2.07 bits per heavy atom. The lowest BCUT2D eigenvalue weighted by atomic mass is 10.3. The third-order valence-electron chi connectivity index (χ3n) is 2.34. The van der Waals surface area contributed by atoms with E-state index in [1.54, 1.807) is 0 Å². The maximum atomic E-state index is 11.3. The molecule has 1 aliphatic heterocycles. The predicted octanol–water partition coefficient (Wildman–Crippen LogP) is -1.33. The molecule has 1 amide bonds. The number of carbonyl (C=O) groups excluding carboxylic acids is 1. The Balaban J connectivity index is 2.13. The molecule has 0 atom stereocenters. The van der Waals surface area contributed by atoms with Crippen molar-refractivity contribution in [2.24, 2.45) is 0 Å². The summed E-state index contributed by atoms with van der Waals surface area (Å²) in [6.07, 6.45) is 1.70. The van der Waals surface area contributed by atoms with Crippen molar-refractivity contribution in [2.75, 3.05) is 45.8 Å². The van der Waals surface area contributed by atoms with Gasteiger partial charge < -0.3 is 21.3 Å². The molecule has 15 heavy (non-hydrogen) atoms. The van der Waals surface area contributed by atoms with Crippen LogP contribution in [0.15, 0.2) is 0 Å². The van der Waals surface area contributed by atoms with E-state index in [2.05, 4.69) is 21.3 Å². The van der Waals surface area contributed by atoms with Crippen LogP contribution in [0.5, 0.6) is 0 Å². The SMILES string of the molecule is O=C1CCNCCNCCCNCCN1. The molecule has 0 spiro atoms. The molecular formula is C10H22N4O. The molecule has 0 aromatic rings. The van der Waals surface area contributed by atoms with E-state index < -0.39 is 0 Å². The molecule has 0 unspecified atom stereocenters. The zero-order chi connectivity index (χ0) is 10.8. The van der Waals surface area contributed by atoms with Crippen LogP contribution in [0.1, 0.15) is 12.8 Å². The van der Waals surface area contributed by atoms with E-state index in [4.69, 9.17) is 0 Å². The van der Waals surface area contributed by atoms with Crippen molar-refractivity contribution < 1.29 is 4.79 Å². The molecule has 0 aromatic carbocycles. The van der Waals surface area contributed by atoms with Crippen LogP contribution >= 0.6 is 0 Å². The van der Waals surface area contributed by atoms with E-state index in [-0.39, 0.29) is 5.91 Å². The van der Waals surface area contributed by atoms with Crippen LogP contribution in [0, 0.1) is 0 Å². The first kappa shape index (κ1) is 12.4. The summed E-state index contributed by atoms with van der Waals surface area (Å²) in [5, 5.41) is 12.7. The van der Waals surface area contributed by atoms with Crippen molar-refractivity contribution in [3.63, 3.8) is 0 Å². The molecule has 5 nitrogen and oxygen atoms in total. The Labute approximate surface area is 91.4 Å². The quantitative estimate of drug-likeness (QED) is 0.403. The molecule has 88 valence electrons. The highest BCUT2D eigenvalue weighted by Crippen LogP contribution is 1.78. The van der Waals surface area contributed by atoms with Crippen molar-refractivity contribution >= 4 is 5.91 Å². The number of hydrogen-bond acceptors (Lipinski definition) is 4. The first-order valence-corrected chi connectivity index (χ1v) is 5.78. The van der Waals surface area contributed by atoms with Gasteiger partial charge in [-0.2, -0.15) is 0 Å². The Hall–Kier alpha value is -0.650. The molecule has 0 bridgehead atoms. The van der Waals surface area contributed by atoms with Crippen LogP contribution in [0.3, 0.4) is 0 Å². The molecule has 0 aliphatic carbocycles. The first-order chi connectivity index (χ1) is 7.39. The smallest absolute Gasteiger partial charge is 0.221 e. The minimum absolute atomic E-state index is 0.134. The fourth-order valence-corrected chi connectivity index (χ4v) is 1.47. The molecule has 1 aliphatic rings. The van der Waals surface area contributed by atoms with Crippen molar-refractivity contribution in [3.8, 4) is 0 Å². The summed E-state index contributed by atoms with van der Waals surface area (Å²) in [7, 11) is 0. The van der Waals surface area contributed by atoms with Crippen molar-refractivity contribution in [1.82, 2.24) is 21.3 Å². The monoisotopic (exact) mass is 214 g/mol. The summed E-state index contributed by atoms with van der Waals surface area (Å²) in [6.45, 7) is 6.33. The van der Waals surface area contributed by atoms with Crippen LogP contribution in [-0.2, 0) is 4.79 Å². The molecule has 0 saturated carbocycles. The first-order valence-electron chi connectivity index (χ1n) is 5.78. The van der Waals surface area contributed by atoms with Crippen LogP contribution in [0.4, 0.5) is 0 Å². The Bertz CT molecular complexity index is 159. The van der Waals surface area contributed by atoms with Gasteiger partial charge in [-0.05, 0) is 19.5 Å². The average Bonchev–Trinajstić information content (AvgIpc) is 2.24. The van der Waals surface area contributed by atoms with Gasteiger partial charge >= 0.3 is 0 Å². The van der Waals surface area contributed by atoms with Gasteiger partial charge in [-0.15, -0.1) is 0 Å². The number of amides is 1. The topological polar surface area (TPSA) is 65.2 Å². The summed E-state index contributed by atoms with van der Waals surface area (Å²) in [4.78, 5) is 11.3. The lowest BCUT2D eigenvalue weighted by Gasteiger charge is -2.10. The highest BCUT2D eigenvalue weighted by molar-refractivity contribution is 5.76. The maximum absolute atomic E-state index is 11.3. The summed E-state index contributed by atoms with van der Waals surface area (Å²) in [5.41, 5.74) is 0. The molecule has 0 radical (unpaired) electrons. The Morgan fingerprint density at radius 1 is 0.733 bits per heavy atom. The molecule has 0 aromatic heterocycles. The fraction of sp³-hybridized carbons (Fsp3) is 0.900. The van der Waals surface area contributed by atoms with Crippen molar-refractivity contribution in [2.45, 2.75) is 12.8 Å². The van der Waals surface area contributed by atoms with Crippen molar-refractivity contribution in [1.29, 1.82) is 0 Å². The van der Waals surface area contributed by atoms with Crippen LogP contribution in [-0.4, -0.2) is 51.7 Å². The standard InChI is InChI=1S/C10H22N4O/c15-10-2-5-13-7-6-11-3-1-4-12-8-9-14-10/h11-13H,1-9H2,(H,14,15). The lowest BCUT2D eigenvalue weighted by Crippen LogP contribution is -2.36. The highest BCUT2D eigenvalue weighted by Gasteiger charge is 2.00. The van der Waals surface area contributed by atoms with Gasteiger partial charge in [0.2, 0.25) is 5.91 Å². The zero-order valence-electron chi connectivity index (χ0n) is 9.27. The third kappa shape index (κ3) is 7.30. The minimum Gasteiger partial charge on any atom is -0.355 e. The average molecular weight is 214 g/mol. The van der Waals surface area contributed by atoms with Gasteiger partial charge in [0.1, 0.15) is 0 Å². The Morgan fingerprint density at radius 2 is 1.33 bits per heavy atom. The van der Waals surface area contributed by atoms with Gasteiger partial charge in [-0.25, -0.2) is 0 Å². The normalized spacial score (nSPS) is 22.8. The predicted molar refractivity (Wildman–Crippen MR) is 60.9 cm³/mol. The van der Waals surface area contributed by atoms with E-state index in [1.807, 2.05) is 0 Å². The second kappa shape index (κ2) is 8.64. The second-order valence-electron chi connectivity index (χ2n) is 3.70. The zero-order valence-corrected chi connectivity index (χ0v) is 9.27. The van der Waals surface area contributed by atoms with Gasteiger partial charge in [-0.1, -0.05) is 0 Å². The van der Waals surface area contributed by atoms with Crippen LogP contribution in [0.25, 0.3) is 0 Å². The summed E-state index contributed by atoms with van der Waals surface area (Å²) < 4.78 is 0. The van der Waals surface area contributed by atoms with Gasteiger partial charge in [0.15, 0.2) is 0 Å². The summed E-state index contributed by atoms with van der Waals surface area (Å²) >= 11 is 0. The summed E-state index contributed by atoms with van der Waals surface area (Å²) in [5.74, 6) is 0.134. The minimum atomic E-state index is 0.134. The van der Waals surface area contributed by atoms with Crippen molar-refractivity contribution in [3.05, 3.63) is 0 Å². The third-order valence-corrected chi connectivity index (χ3v) is 2.34. The van der Waals surface area contributed by atoms with Gasteiger partial charge in [-0.3, -0.25) is 4.79 Å². The Kier molecular flexibility index (Phi) is 7.16. The largest absolute Gasteiger partial charge is 0.355 e. The molecule has 1 fully saturated rings. The maximum Gasteiger partial charge on any atom is 0.221 e. The number of rotatable bonds is 0.